The number of ether oxygens (including phenoxy) is 1. The molecule has 0 unspecified atom stereocenters. The Balaban J connectivity index is 1.41. The fraction of sp³-hybridized carbons (Fsp3) is 0.238. The van der Waals surface area contributed by atoms with E-state index >= 15 is 0 Å². The molecule has 3 aromatic heterocycles. The van der Waals surface area contributed by atoms with Gasteiger partial charge in [0.1, 0.15) is 23.2 Å². The topological polar surface area (TPSA) is 116 Å². The molecule has 10 heteroatoms. The first-order valence-electron chi connectivity index (χ1n) is 9.78. The van der Waals surface area contributed by atoms with Gasteiger partial charge in [0, 0.05) is 30.9 Å². The third-order valence-electron chi connectivity index (χ3n) is 5.23. The number of pyridine rings is 1. The van der Waals surface area contributed by atoms with E-state index in [1.807, 2.05) is 0 Å². The van der Waals surface area contributed by atoms with Crippen LogP contribution in [0.3, 0.4) is 0 Å². The van der Waals surface area contributed by atoms with Gasteiger partial charge in [-0.2, -0.15) is 4.98 Å². The second-order valence-corrected chi connectivity index (χ2v) is 7.63. The van der Waals surface area contributed by atoms with Crippen LogP contribution in [-0.4, -0.2) is 38.3 Å². The molecule has 158 valence electrons. The Bertz CT molecular complexity index is 1200. The second-order valence-electron chi connectivity index (χ2n) is 7.22. The number of nitrogen functional groups attached to an aromatic ring is 1. The summed E-state index contributed by atoms with van der Waals surface area (Å²) in [6.07, 6.45) is 3.36. The number of H-pyrrole nitrogens is 1. The minimum Gasteiger partial charge on any atom is -0.382 e. The van der Waals surface area contributed by atoms with Gasteiger partial charge in [0.25, 0.3) is 5.89 Å². The van der Waals surface area contributed by atoms with E-state index in [0.29, 0.717) is 41.9 Å². The van der Waals surface area contributed by atoms with Crippen molar-refractivity contribution in [2.24, 2.45) is 0 Å². The van der Waals surface area contributed by atoms with E-state index < -0.39 is 5.82 Å². The van der Waals surface area contributed by atoms with Gasteiger partial charge in [-0.05, 0) is 37.1 Å². The van der Waals surface area contributed by atoms with Crippen LogP contribution in [0.1, 0.15) is 24.6 Å². The highest BCUT2D eigenvalue weighted by molar-refractivity contribution is 6.33. The molecule has 1 saturated heterocycles. The van der Waals surface area contributed by atoms with Crippen molar-refractivity contribution >= 4 is 17.4 Å². The van der Waals surface area contributed by atoms with Gasteiger partial charge in [0.05, 0.1) is 16.3 Å². The van der Waals surface area contributed by atoms with Gasteiger partial charge < -0.3 is 20.0 Å². The molecule has 0 spiro atoms. The van der Waals surface area contributed by atoms with E-state index in [1.54, 1.807) is 24.4 Å². The van der Waals surface area contributed by atoms with Gasteiger partial charge in [0.15, 0.2) is 5.82 Å². The number of aromatic nitrogens is 5. The first kappa shape index (κ1) is 19.7. The van der Waals surface area contributed by atoms with Crippen molar-refractivity contribution in [3.05, 3.63) is 53.2 Å². The quantitative estimate of drug-likeness (QED) is 0.481. The number of anilines is 1. The fourth-order valence-electron chi connectivity index (χ4n) is 3.58. The predicted octanol–water partition coefficient (Wildman–Crippen LogP) is 4.46. The maximum Gasteiger partial charge on any atom is 0.276 e. The van der Waals surface area contributed by atoms with Gasteiger partial charge >= 0.3 is 0 Å². The van der Waals surface area contributed by atoms with Crippen LogP contribution < -0.4 is 5.73 Å². The molecule has 0 bridgehead atoms. The third kappa shape index (κ3) is 3.77. The van der Waals surface area contributed by atoms with E-state index in [9.17, 15) is 4.39 Å². The average molecular weight is 441 g/mol. The van der Waals surface area contributed by atoms with Crippen LogP contribution in [0.2, 0.25) is 5.02 Å². The van der Waals surface area contributed by atoms with Crippen LogP contribution in [-0.2, 0) is 4.74 Å². The minimum absolute atomic E-state index is 0.165. The maximum atomic E-state index is 14.2. The van der Waals surface area contributed by atoms with Gasteiger partial charge in [-0.3, -0.25) is 4.98 Å². The molecular formula is C21H18ClFN6O2. The highest BCUT2D eigenvalue weighted by Crippen LogP contribution is 2.33. The number of nitrogens with two attached hydrogens (primary N) is 1. The largest absolute Gasteiger partial charge is 0.382 e. The Morgan fingerprint density at radius 2 is 1.97 bits per heavy atom. The molecule has 8 nitrogen and oxygen atoms in total. The van der Waals surface area contributed by atoms with Crippen molar-refractivity contribution in [3.63, 3.8) is 0 Å². The summed E-state index contributed by atoms with van der Waals surface area (Å²) in [4.78, 5) is 16.2. The van der Waals surface area contributed by atoms with Crippen LogP contribution in [0.4, 0.5) is 10.2 Å². The second kappa shape index (κ2) is 8.09. The number of imidazole rings is 1. The molecule has 0 radical (unpaired) electrons. The first-order valence-corrected chi connectivity index (χ1v) is 10.2. The van der Waals surface area contributed by atoms with Crippen molar-refractivity contribution in [1.82, 2.24) is 25.1 Å². The highest BCUT2D eigenvalue weighted by Gasteiger charge is 2.22. The lowest BCUT2D eigenvalue weighted by molar-refractivity contribution is 0.0830. The lowest BCUT2D eigenvalue weighted by Crippen LogP contribution is -2.15. The molecular weight excluding hydrogens is 423 g/mol. The van der Waals surface area contributed by atoms with Crippen LogP contribution in [0, 0.1) is 5.82 Å². The molecule has 1 aliphatic heterocycles. The summed E-state index contributed by atoms with van der Waals surface area (Å²) in [6.45, 7) is 1.40. The summed E-state index contributed by atoms with van der Waals surface area (Å²) in [5, 5.41) is 4.34. The fourth-order valence-corrected chi connectivity index (χ4v) is 3.83. The summed E-state index contributed by atoms with van der Waals surface area (Å²) in [5.41, 5.74) is 7.96. The molecule has 5 rings (SSSR count). The van der Waals surface area contributed by atoms with Crippen molar-refractivity contribution in [3.8, 4) is 34.2 Å². The monoisotopic (exact) mass is 440 g/mol. The predicted molar refractivity (Wildman–Crippen MR) is 113 cm³/mol. The van der Waals surface area contributed by atoms with Gasteiger partial charge in [-0.25, -0.2) is 9.37 Å². The van der Waals surface area contributed by atoms with E-state index in [-0.39, 0.29) is 28.1 Å². The maximum absolute atomic E-state index is 14.2. The zero-order chi connectivity index (χ0) is 21.4. The molecule has 0 atom stereocenters. The smallest absolute Gasteiger partial charge is 0.276 e. The summed E-state index contributed by atoms with van der Waals surface area (Å²) in [6, 6.07) is 7.99. The van der Waals surface area contributed by atoms with Crippen molar-refractivity contribution < 1.29 is 13.7 Å². The summed E-state index contributed by atoms with van der Waals surface area (Å²) in [5.74, 6) is 1.23. The van der Waals surface area contributed by atoms with Crippen LogP contribution in [0.5, 0.6) is 0 Å². The lowest BCUT2D eigenvalue weighted by Gasteiger charge is -2.18. The Morgan fingerprint density at radius 3 is 2.71 bits per heavy atom. The number of hydrogen-bond acceptors (Lipinski definition) is 7. The average Bonchev–Trinajstić information content (AvgIpc) is 3.42. The van der Waals surface area contributed by atoms with E-state index in [0.717, 1.165) is 12.8 Å². The summed E-state index contributed by atoms with van der Waals surface area (Å²) >= 11 is 6.13. The molecule has 4 heterocycles. The highest BCUT2D eigenvalue weighted by atomic mass is 35.5. The molecule has 1 aromatic carbocycles. The van der Waals surface area contributed by atoms with Crippen molar-refractivity contribution in [2.45, 2.75) is 18.8 Å². The number of nitrogens with one attached hydrogen (secondary N) is 1. The SMILES string of the molecule is Nc1nc(-c2c(F)cccc2Cl)[nH]c1-c1ccc(-c2nc(C3CCOCC3)no2)nc1. The number of rotatable bonds is 4. The number of benzene rings is 1. The molecule has 1 fully saturated rings. The Hall–Kier alpha value is -3.30. The lowest BCUT2D eigenvalue weighted by atomic mass is 10.00. The van der Waals surface area contributed by atoms with Crippen LogP contribution in [0.25, 0.3) is 34.2 Å². The normalized spacial score (nSPS) is 14.8. The van der Waals surface area contributed by atoms with Crippen LogP contribution in [0.15, 0.2) is 41.1 Å². The first-order chi connectivity index (χ1) is 15.1. The van der Waals surface area contributed by atoms with Gasteiger partial charge in [0.2, 0.25) is 0 Å². The zero-order valence-electron chi connectivity index (χ0n) is 16.3. The summed E-state index contributed by atoms with van der Waals surface area (Å²) in [7, 11) is 0. The van der Waals surface area contributed by atoms with Crippen molar-refractivity contribution in [2.75, 3.05) is 18.9 Å². The standard InChI is InChI=1S/C21H18ClFN6O2/c22-13-2-1-3-14(23)16(13)20-26-17(18(24)27-20)12-4-5-15(25-10-12)21-28-19(29-31-21)11-6-8-30-9-7-11/h1-5,10-11H,6-9,24H2,(H,26,27). The Labute approximate surface area is 181 Å². The van der Waals surface area contributed by atoms with E-state index in [1.165, 1.54) is 12.1 Å². The zero-order valence-corrected chi connectivity index (χ0v) is 17.1. The molecule has 3 N–H and O–H groups in total. The minimum atomic E-state index is -0.488. The third-order valence-corrected chi connectivity index (χ3v) is 5.55. The molecule has 0 aliphatic carbocycles. The van der Waals surface area contributed by atoms with Crippen molar-refractivity contribution in [1.29, 1.82) is 0 Å². The number of aromatic amines is 1. The Kier molecular flexibility index (Phi) is 5.13. The summed E-state index contributed by atoms with van der Waals surface area (Å²) < 4.78 is 25.0. The molecule has 1 aliphatic rings. The van der Waals surface area contributed by atoms with E-state index in [2.05, 4.69) is 25.1 Å². The molecule has 31 heavy (non-hydrogen) atoms. The van der Waals surface area contributed by atoms with Gasteiger partial charge in [-0.15, -0.1) is 0 Å². The number of nitrogens with zero attached hydrogens (tertiary/aromatic N) is 4. The van der Waals surface area contributed by atoms with Crippen LogP contribution >= 0.6 is 11.6 Å². The Morgan fingerprint density at radius 1 is 1.13 bits per heavy atom. The van der Waals surface area contributed by atoms with Gasteiger partial charge in [-0.1, -0.05) is 22.8 Å². The molecule has 0 amide bonds. The number of halogens is 2. The molecule has 4 aromatic rings. The van der Waals surface area contributed by atoms with E-state index in [4.69, 9.17) is 26.6 Å². The molecule has 0 saturated carbocycles. The number of hydrogen-bond donors (Lipinski definition) is 2.